The van der Waals surface area contributed by atoms with Crippen LogP contribution >= 0.6 is 0 Å². The van der Waals surface area contributed by atoms with Gasteiger partial charge in [0.1, 0.15) is 18.2 Å². The van der Waals surface area contributed by atoms with Crippen LogP contribution in [0.2, 0.25) is 0 Å². The Hall–Kier alpha value is -3.41. The lowest BCUT2D eigenvalue weighted by molar-refractivity contribution is -0.160. The number of nitrogens with zero attached hydrogens (tertiary/aromatic N) is 1. The zero-order chi connectivity index (χ0) is 34.0. The summed E-state index contributed by atoms with van der Waals surface area (Å²) in [5.74, 6) is -9.63. The van der Waals surface area contributed by atoms with Crippen LogP contribution in [0.5, 0.6) is 0 Å². The molecule has 0 spiro atoms. The molecule has 0 aromatic heterocycles. The highest BCUT2D eigenvalue weighted by atomic mass is 19.3. The summed E-state index contributed by atoms with van der Waals surface area (Å²) in [6.45, 7) is 13.4. The zero-order valence-corrected chi connectivity index (χ0v) is 27.4. The molecule has 4 N–H and O–H groups in total. The van der Waals surface area contributed by atoms with Gasteiger partial charge >= 0.3 is 12.0 Å². The van der Waals surface area contributed by atoms with Crippen LogP contribution in [0.1, 0.15) is 80.7 Å². The molecule has 0 aliphatic heterocycles. The average Bonchev–Trinajstić information content (AvgIpc) is 2.88. The van der Waals surface area contributed by atoms with Crippen LogP contribution in [0.15, 0.2) is 30.3 Å². The molecule has 12 heteroatoms. The second-order valence-corrected chi connectivity index (χ2v) is 13.3. The van der Waals surface area contributed by atoms with Crippen LogP contribution in [0.4, 0.5) is 13.6 Å². The summed E-state index contributed by atoms with van der Waals surface area (Å²) in [6.07, 6.45) is -1.27. The van der Waals surface area contributed by atoms with Gasteiger partial charge in [-0.3, -0.25) is 24.1 Å². The highest BCUT2D eigenvalue weighted by Gasteiger charge is 2.48. The van der Waals surface area contributed by atoms with Gasteiger partial charge in [-0.15, -0.1) is 0 Å². The minimum absolute atomic E-state index is 0.00995. The summed E-state index contributed by atoms with van der Waals surface area (Å²) >= 11 is 0. The second kappa shape index (κ2) is 16.6. The first-order valence-corrected chi connectivity index (χ1v) is 15.0. The van der Waals surface area contributed by atoms with Gasteiger partial charge in [0, 0.05) is 12.8 Å². The van der Waals surface area contributed by atoms with Crippen molar-refractivity contribution in [3.8, 4) is 0 Å². The van der Waals surface area contributed by atoms with Crippen molar-refractivity contribution in [2.24, 2.45) is 23.5 Å². The molecule has 0 saturated heterocycles. The molecule has 0 bridgehead atoms. The van der Waals surface area contributed by atoms with E-state index >= 15 is 8.78 Å². The van der Waals surface area contributed by atoms with Crippen molar-refractivity contribution in [2.75, 3.05) is 6.54 Å². The van der Waals surface area contributed by atoms with Gasteiger partial charge < -0.3 is 21.1 Å². The first-order valence-electron chi connectivity index (χ1n) is 15.0. The molecule has 1 rings (SSSR count). The molecule has 1 aromatic rings. The summed E-state index contributed by atoms with van der Waals surface area (Å²) in [5.41, 5.74) is 5.71. The third-order valence-corrected chi connectivity index (χ3v) is 6.50. The molecule has 0 aliphatic rings. The van der Waals surface area contributed by atoms with E-state index in [9.17, 15) is 24.0 Å². The van der Waals surface area contributed by atoms with Gasteiger partial charge in [0.2, 0.25) is 23.5 Å². The van der Waals surface area contributed by atoms with Gasteiger partial charge in [-0.1, -0.05) is 71.9 Å². The van der Waals surface area contributed by atoms with Crippen molar-refractivity contribution in [2.45, 2.75) is 111 Å². The number of alkyl halides is 2. The minimum Gasteiger partial charge on any atom is -0.444 e. The Balaban J connectivity index is 3.36. The Kier molecular flexibility index (Phi) is 14.6. The lowest BCUT2D eigenvalue weighted by atomic mass is 9.95. The normalized spacial score (nSPS) is 14.2. The van der Waals surface area contributed by atoms with E-state index in [1.165, 1.54) is 0 Å². The van der Waals surface area contributed by atoms with Gasteiger partial charge in [0.25, 0.3) is 0 Å². The number of hydrogen-bond donors (Lipinski definition) is 3. The lowest BCUT2D eigenvalue weighted by Gasteiger charge is -2.31. The van der Waals surface area contributed by atoms with Crippen molar-refractivity contribution in [1.29, 1.82) is 0 Å². The number of rotatable bonds is 15. The number of carbonyl (C=O) groups is 5. The van der Waals surface area contributed by atoms with E-state index in [0.717, 1.165) is 0 Å². The minimum atomic E-state index is -4.21. The summed E-state index contributed by atoms with van der Waals surface area (Å²) in [4.78, 5) is 65.7. The number of benzene rings is 1. The van der Waals surface area contributed by atoms with E-state index < -0.39 is 71.7 Å². The van der Waals surface area contributed by atoms with Crippen molar-refractivity contribution in [3.05, 3.63) is 35.9 Å². The first-order chi connectivity index (χ1) is 20.1. The topological polar surface area (TPSA) is 148 Å². The highest BCUT2D eigenvalue weighted by molar-refractivity contribution is 6.00. The van der Waals surface area contributed by atoms with Crippen LogP contribution in [0.25, 0.3) is 0 Å². The number of halogens is 2. The number of imide groups is 1. The summed E-state index contributed by atoms with van der Waals surface area (Å²) in [5, 5.41) is 4.87. The molecule has 0 heterocycles. The van der Waals surface area contributed by atoms with Crippen molar-refractivity contribution in [3.63, 3.8) is 0 Å². The number of nitrogens with one attached hydrogen (secondary N) is 2. The number of hydrogen-bond acceptors (Lipinski definition) is 7. The fraction of sp³-hybridized carbons (Fsp3) is 0.656. The van der Waals surface area contributed by atoms with Crippen molar-refractivity contribution < 1.29 is 37.5 Å². The average molecular weight is 625 g/mol. The smallest absolute Gasteiger partial charge is 0.408 e. The molecule has 1 aromatic carbocycles. The maximum absolute atomic E-state index is 15.7. The second-order valence-electron chi connectivity index (χ2n) is 13.3. The number of amides is 4. The molecule has 1 unspecified atom stereocenters. The molecular formula is C32H50F2N4O6. The molecule has 4 amide bonds. The van der Waals surface area contributed by atoms with Crippen LogP contribution in [0, 0.1) is 17.8 Å². The quantitative estimate of drug-likeness (QED) is 0.264. The van der Waals surface area contributed by atoms with E-state index in [-0.39, 0.29) is 31.1 Å². The molecule has 0 aliphatic carbocycles. The van der Waals surface area contributed by atoms with Crippen LogP contribution in [-0.4, -0.2) is 70.7 Å². The lowest BCUT2D eigenvalue weighted by Crippen LogP contribution is -2.59. The molecule has 44 heavy (non-hydrogen) atoms. The fourth-order valence-corrected chi connectivity index (χ4v) is 4.23. The van der Waals surface area contributed by atoms with E-state index in [1.807, 2.05) is 0 Å². The van der Waals surface area contributed by atoms with Gasteiger partial charge in [-0.05, 0) is 50.5 Å². The number of Topliss-reactive ketones (excluding diaryl/α,β-unsaturated/α-hetero) is 1. The van der Waals surface area contributed by atoms with Crippen LogP contribution in [-0.2, 0) is 30.3 Å². The highest BCUT2D eigenvalue weighted by Crippen LogP contribution is 2.24. The first kappa shape index (κ1) is 38.6. The molecule has 3 atom stereocenters. The van der Waals surface area contributed by atoms with Crippen LogP contribution in [0.3, 0.4) is 0 Å². The number of nitrogens with two attached hydrogens (primary N) is 1. The van der Waals surface area contributed by atoms with Gasteiger partial charge in [-0.2, -0.15) is 8.78 Å². The molecule has 0 fully saturated rings. The largest absolute Gasteiger partial charge is 0.444 e. The van der Waals surface area contributed by atoms with E-state index in [2.05, 4.69) is 10.6 Å². The van der Waals surface area contributed by atoms with Gasteiger partial charge in [-0.25, -0.2) is 4.79 Å². The van der Waals surface area contributed by atoms with E-state index in [0.29, 0.717) is 10.5 Å². The Morgan fingerprint density at radius 1 is 0.886 bits per heavy atom. The fourth-order valence-electron chi connectivity index (χ4n) is 4.23. The predicted octanol–water partition coefficient (Wildman–Crippen LogP) is 4.24. The number of alkyl carbamates (subject to hydrolysis) is 1. The SMILES string of the molecule is CC(C)CC(=O)N(CC(F)(F)C(=O)C(CC(C)C)NC(=O)[C@H](Cc1ccccc1)NC(=O)OC(C)(C)C)C(=O)[C@@H](N)C(C)C. The Morgan fingerprint density at radius 2 is 1.45 bits per heavy atom. The molecular weight excluding hydrogens is 574 g/mol. The summed E-state index contributed by atoms with van der Waals surface area (Å²) in [6, 6.07) is 4.51. The summed E-state index contributed by atoms with van der Waals surface area (Å²) in [7, 11) is 0. The predicted molar refractivity (Wildman–Crippen MR) is 164 cm³/mol. The van der Waals surface area contributed by atoms with Crippen molar-refractivity contribution in [1.82, 2.24) is 15.5 Å². The zero-order valence-electron chi connectivity index (χ0n) is 27.4. The van der Waals surface area contributed by atoms with Gasteiger partial charge in [0.05, 0.1) is 12.1 Å². The third kappa shape index (κ3) is 13.1. The maximum atomic E-state index is 15.7. The molecule has 0 radical (unpaired) electrons. The Bertz CT molecular complexity index is 1140. The number of ether oxygens (including phenoxy) is 1. The number of ketones is 1. The Labute approximate surface area is 259 Å². The molecule has 248 valence electrons. The Morgan fingerprint density at radius 3 is 1.93 bits per heavy atom. The van der Waals surface area contributed by atoms with Gasteiger partial charge in [0.15, 0.2) is 0 Å². The third-order valence-electron chi connectivity index (χ3n) is 6.50. The number of carbonyl (C=O) groups excluding carboxylic acids is 5. The monoisotopic (exact) mass is 624 g/mol. The van der Waals surface area contributed by atoms with E-state index in [1.54, 1.807) is 92.6 Å². The standard InChI is InChI=1S/C32H50F2N4O6/c1-19(2)15-23(27(40)32(33,34)18-38(25(39)16-20(3)4)29(42)26(35)21(5)6)36-28(41)24(17-22-13-11-10-12-14-22)37-30(43)44-31(7,8)9/h10-14,19-21,23-24,26H,15-18,35H2,1-9H3,(H,36,41)(H,37,43)/t23?,24-,26-/m0/s1. The molecule has 10 nitrogen and oxygen atoms in total. The van der Waals surface area contributed by atoms with Crippen LogP contribution < -0.4 is 16.4 Å². The van der Waals surface area contributed by atoms with Crippen molar-refractivity contribution >= 4 is 29.6 Å². The molecule has 0 saturated carbocycles. The summed E-state index contributed by atoms with van der Waals surface area (Å²) < 4.78 is 36.7. The van der Waals surface area contributed by atoms with E-state index in [4.69, 9.17) is 10.5 Å². The maximum Gasteiger partial charge on any atom is 0.408 e.